The summed E-state index contributed by atoms with van der Waals surface area (Å²) in [6.45, 7) is 18.4. The van der Waals surface area contributed by atoms with Crippen molar-refractivity contribution in [2.75, 3.05) is 0 Å². The van der Waals surface area contributed by atoms with Crippen LogP contribution in [0.3, 0.4) is 0 Å². The second-order valence-corrected chi connectivity index (χ2v) is 14.7. The molecule has 2 aromatic carbocycles. The summed E-state index contributed by atoms with van der Waals surface area (Å²) < 4.78 is 3.78. The Labute approximate surface area is 328 Å². The standard InChI is InChI=1S/C23H25N5.C23H23N5/c2*1-14(2)18-11-17(21-9-6-8-20(27-21)16(4)24)12-22-19(18)13-25-28(22)23-10-5-7-15(3)26-23/h5-14,16H,24H2,1-4H3;5-13,16H,1,24H2,2-4H3. The number of pyridine rings is 4. The van der Waals surface area contributed by atoms with Crippen molar-refractivity contribution in [3.63, 3.8) is 0 Å². The molecule has 0 amide bonds. The van der Waals surface area contributed by atoms with Gasteiger partial charge in [-0.2, -0.15) is 10.2 Å². The molecule has 0 radical (unpaired) electrons. The molecule has 8 aromatic rings. The van der Waals surface area contributed by atoms with Gasteiger partial charge in [-0.1, -0.05) is 50.3 Å². The Morgan fingerprint density at radius 1 is 0.589 bits per heavy atom. The van der Waals surface area contributed by atoms with Crippen LogP contribution < -0.4 is 11.5 Å². The van der Waals surface area contributed by atoms with Crippen molar-refractivity contribution in [2.45, 2.75) is 66.5 Å². The minimum absolute atomic E-state index is 0.102. The van der Waals surface area contributed by atoms with Gasteiger partial charge in [0.1, 0.15) is 0 Å². The summed E-state index contributed by atoms with van der Waals surface area (Å²) in [5.41, 5.74) is 24.9. The fourth-order valence-electron chi connectivity index (χ4n) is 6.80. The zero-order valence-corrected chi connectivity index (χ0v) is 33.1. The van der Waals surface area contributed by atoms with Crippen molar-refractivity contribution in [1.29, 1.82) is 0 Å². The monoisotopic (exact) mass is 740 g/mol. The van der Waals surface area contributed by atoms with Gasteiger partial charge < -0.3 is 11.5 Å². The number of allylic oxidation sites excluding steroid dienone is 1. The fraction of sp³-hybridized carbons (Fsp3) is 0.217. The third-order valence-corrected chi connectivity index (χ3v) is 9.74. The first-order valence-corrected chi connectivity index (χ1v) is 18.9. The SMILES string of the molecule is C=C(C)c1cc(-c2cccc(C(C)N)n2)cc2c1cnn2-c1cccc(C)n1.Cc1cccc(-n2ncc3c(C(C)C)cc(-c4cccc(C(C)N)n4)cc32)n1. The third-order valence-electron chi connectivity index (χ3n) is 9.74. The molecule has 0 aliphatic rings. The van der Waals surface area contributed by atoms with Crippen LogP contribution in [-0.4, -0.2) is 39.5 Å². The lowest BCUT2D eigenvalue weighted by Gasteiger charge is -2.13. The highest BCUT2D eigenvalue weighted by Gasteiger charge is 2.17. The molecule has 0 aliphatic carbocycles. The predicted octanol–water partition coefficient (Wildman–Crippen LogP) is 9.78. The van der Waals surface area contributed by atoms with Crippen LogP contribution in [0.4, 0.5) is 0 Å². The highest BCUT2D eigenvalue weighted by atomic mass is 15.3. The Kier molecular flexibility index (Phi) is 10.7. The van der Waals surface area contributed by atoms with E-state index in [0.29, 0.717) is 5.92 Å². The largest absolute Gasteiger partial charge is 0.323 e. The first-order chi connectivity index (χ1) is 26.9. The summed E-state index contributed by atoms with van der Waals surface area (Å²) in [4.78, 5) is 18.8. The maximum absolute atomic E-state index is 6.04. The smallest absolute Gasteiger partial charge is 0.154 e. The Morgan fingerprint density at radius 2 is 1.05 bits per heavy atom. The van der Waals surface area contributed by atoms with Gasteiger partial charge in [0, 0.05) is 45.4 Å². The molecule has 2 atom stereocenters. The summed E-state index contributed by atoms with van der Waals surface area (Å²) in [5.74, 6) is 1.97. The van der Waals surface area contributed by atoms with Gasteiger partial charge in [0.15, 0.2) is 11.6 Å². The average molecular weight is 741 g/mol. The number of nitrogens with zero attached hydrogens (tertiary/aromatic N) is 8. The Morgan fingerprint density at radius 3 is 1.52 bits per heavy atom. The number of hydrogen-bond donors (Lipinski definition) is 2. The number of rotatable bonds is 8. The summed E-state index contributed by atoms with van der Waals surface area (Å²) >= 11 is 0. The molecule has 2 unspecified atom stereocenters. The van der Waals surface area contributed by atoms with Crippen LogP contribution >= 0.6 is 0 Å². The number of nitrogens with two attached hydrogens (primary N) is 2. The minimum Gasteiger partial charge on any atom is -0.323 e. The fourth-order valence-corrected chi connectivity index (χ4v) is 6.80. The molecule has 0 saturated heterocycles. The van der Waals surface area contributed by atoms with Gasteiger partial charge in [0.2, 0.25) is 0 Å². The first kappa shape index (κ1) is 37.9. The van der Waals surface area contributed by atoms with Crippen LogP contribution in [0.15, 0.2) is 116 Å². The van der Waals surface area contributed by atoms with E-state index in [1.807, 2.05) is 129 Å². The van der Waals surface area contributed by atoms with Gasteiger partial charge in [-0.25, -0.2) is 19.3 Å². The van der Waals surface area contributed by atoms with Crippen molar-refractivity contribution in [3.8, 4) is 34.2 Å². The van der Waals surface area contributed by atoms with Crippen molar-refractivity contribution in [2.24, 2.45) is 11.5 Å². The molecule has 8 rings (SSSR count). The summed E-state index contributed by atoms with van der Waals surface area (Å²) in [6, 6.07) is 32.2. The van der Waals surface area contributed by atoms with Crippen LogP contribution in [0.2, 0.25) is 0 Å². The number of benzene rings is 2. The Balaban J connectivity index is 0.000000172. The Hall–Kier alpha value is -6.36. The van der Waals surface area contributed by atoms with E-state index in [-0.39, 0.29) is 12.1 Å². The van der Waals surface area contributed by atoms with Crippen LogP contribution in [0, 0.1) is 13.8 Å². The van der Waals surface area contributed by atoms with Crippen LogP contribution in [-0.2, 0) is 0 Å². The van der Waals surface area contributed by atoms with E-state index in [9.17, 15) is 0 Å². The minimum atomic E-state index is -0.119. The molecule has 10 nitrogen and oxygen atoms in total. The molecule has 0 saturated carbocycles. The second-order valence-electron chi connectivity index (χ2n) is 14.7. The van der Waals surface area contributed by atoms with Gasteiger partial charge in [0.25, 0.3) is 0 Å². The van der Waals surface area contributed by atoms with Crippen molar-refractivity contribution in [3.05, 3.63) is 150 Å². The van der Waals surface area contributed by atoms with E-state index in [0.717, 1.165) is 89.9 Å². The lowest BCUT2D eigenvalue weighted by molar-refractivity contribution is 0.782. The number of aromatic nitrogens is 8. The number of fused-ring (bicyclic) bond motifs is 2. The molecule has 0 bridgehead atoms. The molecular weight excluding hydrogens is 693 g/mol. The molecule has 6 heterocycles. The lowest BCUT2D eigenvalue weighted by atomic mass is 9.95. The van der Waals surface area contributed by atoms with E-state index in [4.69, 9.17) is 21.4 Å². The molecule has 6 aromatic heterocycles. The normalized spacial score (nSPS) is 12.5. The summed E-state index contributed by atoms with van der Waals surface area (Å²) in [7, 11) is 0. The zero-order valence-electron chi connectivity index (χ0n) is 33.1. The maximum Gasteiger partial charge on any atom is 0.154 e. The molecule has 0 spiro atoms. The van der Waals surface area contributed by atoms with E-state index in [1.54, 1.807) is 0 Å². The van der Waals surface area contributed by atoms with Crippen molar-refractivity contribution in [1.82, 2.24) is 39.5 Å². The van der Waals surface area contributed by atoms with Gasteiger partial charge in [-0.3, -0.25) is 9.97 Å². The van der Waals surface area contributed by atoms with Gasteiger partial charge in [-0.05, 0) is 124 Å². The van der Waals surface area contributed by atoms with Gasteiger partial charge >= 0.3 is 0 Å². The number of aryl methyl sites for hydroxylation is 2. The topological polar surface area (TPSA) is 139 Å². The molecule has 10 heteroatoms. The van der Waals surface area contributed by atoms with Gasteiger partial charge in [0.05, 0.1) is 46.2 Å². The molecule has 4 N–H and O–H groups in total. The summed E-state index contributed by atoms with van der Waals surface area (Å²) in [6.07, 6.45) is 3.81. The quantitative estimate of drug-likeness (QED) is 0.157. The van der Waals surface area contributed by atoms with E-state index >= 15 is 0 Å². The summed E-state index contributed by atoms with van der Waals surface area (Å²) in [5, 5.41) is 11.4. The molecular formula is C46H48N10. The highest BCUT2D eigenvalue weighted by molar-refractivity contribution is 5.95. The van der Waals surface area contributed by atoms with E-state index < -0.39 is 0 Å². The van der Waals surface area contributed by atoms with Gasteiger partial charge in [-0.15, -0.1) is 0 Å². The first-order valence-electron chi connectivity index (χ1n) is 18.9. The predicted molar refractivity (Wildman–Crippen MR) is 228 cm³/mol. The van der Waals surface area contributed by atoms with E-state index in [1.165, 1.54) is 5.56 Å². The maximum atomic E-state index is 6.04. The second kappa shape index (κ2) is 15.8. The van der Waals surface area contributed by atoms with Crippen molar-refractivity contribution < 1.29 is 0 Å². The lowest BCUT2D eigenvalue weighted by Crippen LogP contribution is -2.07. The molecule has 0 fully saturated rings. The molecule has 0 aliphatic heterocycles. The van der Waals surface area contributed by atoms with Crippen LogP contribution in [0.1, 0.15) is 86.5 Å². The van der Waals surface area contributed by atoms with E-state index in [2.05, 4.69) is 64.9 Å². The van der Waals surface area contributed by atoms with Crippen LogP contribution in [0.25, 0.3) is 61.5 Å². The Bertz CT molecular complexity index is 2700. The highest BCUT2D eigenvalue weighted by Crippen LogP contribution is 2.34. The third kappa shape index (κ3) is 7.75. The molecule has 56 heavy (non-hydrogen) atoms. The number of hydrogen-bond acceptors (Lipinski definition) is 8. The van der Waals surface area contributed by atoms with Crippen LogP contribution in [0.5, 0.6) is 0 Å². The average Bonchev–Trinajstić information content (AvgIpc) is 3.82. The molecule has 282 valence electrons. The zero-order chi connectivity index (χ0) is 39.7. The van der Waals surface area contributed by atoms with Crippen molar-refractivity contribution >= 4 is 27.4 Å².